The van der Waals surface area contributed by atoms with Gasteiger partial charge in [-0.15, -0.1) is 0 Å². The minimum atomic E-state index is -0.666. The third-order valence-corrected chi connectivity index (χ3v) is 7.53. The Morgan fingerprint density at radius 2 is 1.93 bits per heavy atom. The van der Waals surface area contributed by atoms with Crippen molar-refractivity contribution in [1.82, 2.24) is 30.2 Å². The van der Waals surface area contributed by atoms with Crippen molar-refractivity contribution in [2.24, 2.45) is 0 Å². The molecule has 10 heteroatoms. The quantitative estimate of drug-likeness (QED) is 0.290. The highest BCUT2D eigenvalue weighted by atomic mass is 16.5. The van der Waals surface area contributed by atoms with Gasteiger partial charge in [-0.2, -0.15) is 0 Å². The Balaban J connectivity index is 1.37. The lowest BCUT2D eigenvalue weighted by atomic mass is 10.1. The Labute approximate surface area is 253 Å². The first-order valence-corrected chi connectivity index (χ1v) is 14.4. The van der Waals surface area contributed by atoms with Crippen molar-refractivity contribution >= 4 is 33.6 Å². The number of para-hydroxylation sites is 1. The van der Waals surface area contributed by atoms with Crippen molar-refractivity contribution in [1.29, 1.82) is 0 Å². The van der Waals surface area contributed by atoms with E-state index in [1.54, 1.807) is 50.5 Å². The van der Waals surface area contributed by atoms with Crippen LogP contribution in [0.5, 0.6) is 0 Å². The summed E-state index contributed by atoms with van der Waals surface area (Å²) in [4.78, 5) is 53.8. The third kappa shape index (κ3) is 5.65. The van der Waals surface area contributed by atoms with E-state index in [1.165, 1.54) is 4.57 Å². The molecular weight excluding hydrogens is 556 g/mol. The summed E-state index contributed by atoms with van der Waals surface area (Å²) in [6, 6.07) is 17.4. The largest absolute Gasteiger partial charge is 0.368 e. The summed E-state index contributed by atoms with van der Waals surface area (Å²) in [6.07, 6.45) is 4.45. The van der Waals surface area contributed by atoms with Gasteiger partial charge in [0, 0.05) is 30.0 Å². The normalized spacial score (nSPS) is 15.0. The number of rotatable bonds is 6. The molecule has 3 aromatic heterocycles. The number of nitrogens with one attached hydrogen (secondary N) is 2. The fourth-order valence-corrected chi connectivity index (χ4v) is 5.38. The number of pyridine rings is 2. The van der Waals surface area contributed by atoms with Gasteiger partial charge in [-0.3, -0.25) is 28.9 Å². The second-order valence-electron chi connectivity index (χ2n) is 10.5. The van der Waals surface area contributed by atoms with Crippen molar-refractivity contribution in [3.8, 4) is 17.5 Å². The number of carbonyl (C=O) groups is 2. The fraction of sp³-hybridized carbons (Fsp3) is 0.235. The average molecular weight is 587 g/mol. The summed E-state index contributed by atoms with van der Waals surface area (Å²) in [5, 5.41) is 6.89. The van der Waals surface area contributed by atoms with Gasteiger partial charge in [0.25, 0.3) is 11.5 Å². The minimum Gasteiger partial charge on any atom is -0.368 e. The van der Waals surface area contributed by atoms with Gasteiger partial charge in [0.05, 0.1) is 46.0 Å². The van der Waals surface area contributed by atoms with Crippen LogP contribution in [-0.4, -0.2) is 50.6 Å². The number of hydrogen-bond donors (Lipinski definition) is 2. The standard InChI is InChI=1S/C34H30N6O4/c1-21-28(30-24(20-37-21)12-8-17-35-30)33(42)38-22(2)31-39-26-15-6-10-23(11-7-18-36-32(41)27-16-9-19-44-27)29(26)34(43)40(31)25-13-4-3-5-14-25/h3-6,8,10,12-15,17,20,22,27H,9,16,18-19H2,1-2H3,(H,36,41)(H,38,42)/t22-,27-/m1/s1. The van der Waals surface area contributed by atoms with Gasteiger partial charge in [0.1, 0.15) is 11.9 Å². The van der Waals surface area contributed by atoms with Gasteiger partial charge in [0.15, 0.2) is 0 Å². The molecule has 10 nitrogen and oxygen atoms in total. The van der Waals surface area contributed by atoms with Crippen LogP contribution in [0.3, 0.4) is 0 Å². The van der Waals surface area contributed by atoms with E-state index in [0.717, 1.165) is 11.8 Å². The molecule has 0 radical (unpaired) electrons. The van der Waals surface area contributed by atoms with Crippen molar-refractivity contribution in [3.63, 3.8) is 0 Å². The summed E-state index contributed by atoms with van der Waals surface area (Å²) in [6.45, 7) is 4.25. The van der Waals surface area contributed by atoms with Gasteiger partial charge in [-0.05, 0) is 63.1 Å². The number of carbonyl (C=O) groups excluding carboxylic acids is 2. The Morgan fingerprint density at radius 3 is 2.73 bits per heavy atom. The van der Waals surface area contributed by atoms with E-state index in [1.807, 2.05) is 36.4 Å². The zero-order chi connectivity index (χ0) is 30.6. The van der Waals surface area contributed by atoms with Gasteiger partial charge < -0.3 is 15.4 Å². The maximum Gasteiger partial charge on any atom is 0.267 e. The van der Waals surface area contributed by atoms with Crippen LogP contribution in [0.1, 0.15) is 53.2 Å². The first-order chi connectivity index (χ1) is 21.4. The van der Waals surface area contributed by atoms with Crippen LogP contribution in [0, 0.1) is 18.8 Å². The van der Waals surface area contributed by atoms with E-state index in [-0.39, 0.29) is 23.9 Å². The molecule has 1 saturated heterocycles. The molecular formula is C34H30N6O4. The highest BCUT2D eigenvalue weighted by molar-refractivity contribution is 6.06. The molecule has 0 bridgehead atoms. The Kier molecular flexibility index (Phi) is 8.12. The van der Waals surface area contributed by atoms with Crippen LogP contribution < -0.4 is 16.2 Å². The molecule has 1 aliphatic rings. The number of aromatic nitrogens is 4. The smallest absolute Gasteiger partial charge is 0.267 e. The molecule has 2 amide bonds. The first kappa shape index (κ1) is 28.7. The number of ether oxygens (including phenoxy) is 1. The molecule has 44 heavy (non-hydrogen) atoms. The molecule has 0 spiro atoms. The molecule has 1 aliphatic heterocycles. The van der Waals surface area contributed by atoms with Gasteiger partial charge >= 0.3 is 0 Å². The molecule has 2 aromatic carbocycles. The maximum absolute atomic E-state index is 14.2. The molecule has 6 rings (SSSR count). The molecule has 0 saturated carbocycles. The Bertz CT molecular complexity index is 2010. The maximum atomic E-state index is 14.2. The van der Waals surface area contributed by atoms with E-state index >= 15 is 0 Å². The van der Waals surface area contributed by atoms with E-state index in [4.69, 9.17) is 9.72 Å². The lowest BCUT2D eigenvalue weighted by Gasteiger charge is -2.20. The van der Waals surface area contributed by atoms with Gasteiger partial charge in [0.2, 0.25) is 5.91 Å². The predicted octanol–water partition coefficient (Wildman–Crippen LogP) is 3.78. The minimum absolute atomic E-state index is 0.119. The number of nitrogens with zero attached hydrogens (tertiary/aromatic N) is 4. The van der Waals surface area contributed by atoms with Crippen LogP contribution in [0.15, 0.2) is 77.9 Å². The number of benzene rings is 2. The number of hydrogen-bond acceptors (Lipinski definition) is 7. The number of aryl methyl sites for hydroxylation is 1. The summed E-state index contributed by atoms with van der Waals surface area (Å²) in [5.41, 5.74) is 2.67. The molecule has 220 valence electrons. The van der Waals surface area contributed by atoms with Crippen molar-refractivity contribution < 1.29 is 14.3 Å². The van der Waals surface area contributed by atoms with Crippen molar-refractivity contribution in [2.45, 2.75) is 38.8 Å². The lowest BCUT2D eigenvalue weighted by molar-refractivity contribution is -0.129. The average Bonchev–Trinajstić information content (AvgIpc) is 3.58. The van der Waals surface area contributed by atoms with Crippen molar-refractivity contribution in [2.75, 3.05) is 13.2 Å². The number of amides is 2. The summed E-state index contributed by atoms with van der Waals surface area (Å²) in [7, 11) is 0. The van der Waals surface area contributed by atoms with E-state index < -0.39 is 12.1 Å². The predicted molar refractivity (Wildman–Crippen MR) is 166 cm³/mol. The molecule has 4 heterocycles. The van der Waals surface area contributed by atoms with E-state index in [0.29, 0.717) is 57.8 Å². The molecule has 0 unspecified atom stereocenters. The Hall–Kier alpha value is -5.40. The zero-order valence-corrected chi connectivity index (χ0v) is 24.3. The molecule has 1 fully saturated rings. The first-order valence-electron chi connectivity index (χ1n) is 14.4. The van der Waals surface area contributed by atoms with Crippen LogP contribution in [0.2, 0.25) is 0 Å². The van der Waals surface area contributed by atoms with Gasteiger partial charge in [-0.25, -0.2) is 4.98 Å². The van der Waals surface area contributed by atoms with Crippen LogP contribution in [0.25, 0.3) is 27.5 Å². The molecule has 0 aliphatic carbocycles. The molecule has 2 N–H and O–H groups in total. The Morgan fingerprint density at radius 1 is 1.09 bits per heavy atom. The number of fused-ring (bicyclic) bond motifs is 2. The summed E-state index contributed by atoms with van der Waals surface area (Å²) >= 11 is 0. The van der Waals surface area contributed by atoms with E-state index in [9.17, 15) is 14.4 Å². The monoisotopic (exact) mass is 586 g/mol. The summed E-state index contributed by atoms with van der Waals surface area (Å²) in [5.74, 6) is 5.79. The third-order valence-electron chi connectivity index (χ3n) is 7.53. The lowest BCUT2D eigenvalue weighted by Crippen LogP contribution is -2.34. The van der Waals surface area contributed by atoms with Gasteiger partial charge in [-0.1, -0.05) is 36.1 Å². The van der Waals surface area contributed by atoms with E-state index in [2.05, 4.69) is 32.4 Å². The fourth-order valence-electron chi connectivity index (χ4n) is 5.38. The summed E-state index contributed by atoms with van der Waals surface area (Å²) < 4.78 is 6.92. The SMILES string of the molecule is Cc1ncc2cccnc2c1C(=O)N[C@H](C)c1nc2cccc(C#CCNC(=O)[C@H]3CCCO3)c2c(=O)n1-c1ccccc1. The molecule has 5 aromatic rings. The molecule has 2 atom stereocenters. The van der Waals surface area contributed by atoms with Crippen LogP contribution in [-0.2, 0) is 9.53 Å². The van der Waals surface area contributed by atoms with Crippen LogP contribution >= 0.6 is 0 Å². The highest BCUT2D eigenvalue weighted by Crippen LogP contribution is 2.22. The second kappa shape index (κ2) is 12.5. The van der Waals surface area contributed by atoms with Crippen LogP contribution in [0.4, 0.5) is 0 Å². The second-order valence-corrected chi connectivity index (χ2v) is 10.5. The highest BCUT2D eigenvalue weighted by Gasteiger charge is 2.24. The van der Waals surface area contributed by atoms with Crippen molar-refractivity contribution in [3.05, 3.63) is 106 Å². The topological polar surface area (TPSA) is 128 Å². The zero-order valence-electron chi connectivity index (χ0n) is 24.3.